The summed E-state index contributed by atoms with van der Waals surface area (Å²) in [5.74, 6) is 0. The topological polar surface area (TPSA) is 42.9 Å². The lowest BCUT2D eigenvalue weighted by atomic mass is 10.3. The summed E-state index contributed by atoms with van der Waals surface area (Å²) in [6.07, 6.45) is 2.36. The molecule has 0 saturated carbocycles. The maximum absolute atomic E-state index is 10.5. The Balaban J connectivity index is 2.21. The van der Waals surface area contributed by atoms with Gasteiger partial charge in [-0.2, -0.15) is 0 Å². The Morgan fingerprint density at radius 2 is 2.00 bits per heavy atom. The largest absolute Gasteiger partial charge is 0.298 e. The lowest BCUT2D eigenvalue weighted by Gasteiger charge is -2.03. The van der Waals surface area contributed by atoms with Crippen molar-refractivity contribution in [3.05, 3.63) is 47.3 Å². The highest BCUT2D eigenvalue weighted by Crippen LogP contribution is 2.25. The predicted molar refractivity (Wildman–Crippen MR) is 67.5 cm³/mol. The average molecular weight is 244 g/mol. The Morgan fingerprint density at radius 3 is 2.59 bits per heavy atom. The number of aldehydes is 1. The van der Waals surface area contributed by atoms with Crippen molar-refractivity contribution >= 4 is 18.0 Å². The second-order valence-corrected chi connectivity index (χ2v) is 4.81. The summed E-state index contributed by atoms with van der Waals surface area (Å²) in [4.78, 5) is 19.1. The minimum atomic E-state index is 0.586. The van der Waals surface area contributed by atoms with Gasteiger partial charge in [0, 0.05) is 17.5 Å². The molecule has 3 nitrogen and oxygen atoms in total. The van der Waals surface area contributed by atoms with Crippen LogP contribution in [0, 0.1) is 13.8 Å². The van der Waals surface area contributed by atoms with E-state index in [0.29, 0.717) is 5.56 Å². The molecule has 0 atom stereocenters. The SMILES string of the molecule is Cc1cc(C)nc(Sc2ccc(C=O)cn2)c1. The molecule has 86 valence electrons. The van der Waals surface area contributed by atoms with Gasteiger partial charge < -0.3 is 0 Å². The highest BCUT2D eigenvalue weighted by molar-refractivity contribution is 7.99. The van der Waals surface area contributed by atoms with Crippen molar-refractivity contribution < 1.29 is 4.79 Å². The molecule has 0 spiro atoms. The molecule has 0 fully saturated rings. The summed E-state index contributed by atoms with van der Waals surface area (Å²) in [6, 6.07) is 7.64. The van der Waals surface area contributed by atoms with Gasteiger partial charge in [-0.25, -0.2) is 9.97 Å². The van der Waals surface area contributed by atoms with Gasteiger partial charge in [0.2, 0.25) is 0 Å². The van der Waals surface area contributed by atoms with E-state index >= 15 is 0 Å². The summed E-state index contributed by atoms with van der Waals surface area (Å²) in [6.45, 7) is 4.02. The second kappa shape index (κ2) is 5.10. The molecule has 17 heavy (non-hydrogen) atoms. The van der Waals surface area contributed by atoms with Crippen molar-refractivity contribution in [1.29, 1.82) is 0 Å². The van der Waals surface area contributed by atoms with Crippen molar-refractivity contribution in [3.63, 3.8) is 0 Å². The van der Waals surface area contributed by atoms with E-state index in [4.69, 9.17) is 0 Å². The molecule has 0 aliphatic rings. The molecule has 0 saturated heterocycles. The highest BCUT2D eigenvalue weighted by atomic mass is 32.2. The van der Waals surface area contributed by atoms with Crippen LogP contribution in [0.25, 0.3) is 0 Å². The molecule has 0 bridgehead atoms. The molecule has 2 rings (SSSR count). The third kappa shape index (κ3) is 3.14. The first-order valence-corrected chi connectivity index (χ1v) is 6.03. The molecule has 2 aromatic rings. The third-order valence-electron chi connectivity index (χ3n) is 2.18. The summed E-state index contributed by atoms with van der Waals surface area (Å²) in [7, 11) is 0. The van der Waals surface area contributed by atoms with Gasteiger partial charge in [-0.1, -0.05) is 11.8 Å². The van der Waals surface area contributed by atoms with Crippen LogP contribution >= 0.6 is 11.8 Å². The number of pyridine rings is 2. The molecular weight excluding hydrogens is 232 g/mol. The first-order valence-electron chi connectivity index (χ1n) is 5.22. The fourth-order valence-corrected chi connectivity index (χ4v) is 2.38. The summed E-state index contributed by atoms with van der Waals surface area (Å²) >= 11 is 1.50. The molecule has 0 aliphatic heterocycles. The van der Waals surface area contributed by atoms with Crippen LogP contribution in [0.3, 0.4) is 0 Å². The number of aromatic nitrogens is 2. The number of hydrogen-bond acceptors (Lipinski definition) is 4. The lowest BCUT2D eigenvalue weighted by molar-refractivity contribution is 0.112. The van der Waals surface area contributed by atoms with Gasteiger partial charge in [-0.3, -0.25) is 4.79 Å². The van der Waals surface area contributed by atoms with E-state index in [9.17, 15) is 4.79 Å². The zero-order chi connectivity index (χ0) is 12.3. The first-order chi connectivity index (χ1) is 8.17. The van der Waals surface area contributed by atoms with Crippen molar-refractivity contribution in [1.82, 2.24) is 9.97 Å². The van der Waals surface area contributed by atoms with Gasteiger partial charge in [0.1, 0.15) is 10.1 Å². The van der Waals surface area contributed by atoms with E-state index < -0.39 is 0 Å². The molecule has 0 amide bonds. The van der Waals surface area contributed by atoms with Crippen molar-refractivity contribution in [2.24, 2.45) is 0 Å². The number of aryl methyl sites for hydroxylation is 2. The van der Waals surface area contributed by atoms with Crippen LogP contribution in [0.2, 0.25) is 0 Å². The van der Waals surface area contributed by atoms with Crippen LogP contribution in [0.15, 0.2) is 40.5 Å². The second-order valence-electron chi connectivity index (χ2n) is 3.77. The van der Waals surface area contributed by atoms with Gasteiger partial charge in [-0.05, 0) is 43.7 Å². The van der Waals surface area contributed by atoms with Crippen LogP contribution in [-0.2, 0) is 0 Å². The minimum absolute atomic E-state index is 0.586. The molecule has 0 radical (unpaired) electrons. The Labute approximate surface area is 104 Å². The lowest BCUT2D eigenvalue weighted by Crippen LogP contribution is -1.88. The zero-order valence-electron chi connectivity index (χ0n) is 9.68. The predicted octanol–water partition coefficient (Wildman–Crippen LogP) is 3.06. The summed E-state index contributed by atoms with van der Waals surface area (Å²) < 4.78 is 0. The number of carbonyl (C=O) groups is 1. The van der Waals surface area contributed by atoms with Crippen LogP contribution in [0.5, 0.6) is 0 Å². The van der Waals surface area contributed by atoms with E-state index in [1.807, 2.05) is 32.0 Å². The molecule has 0 unspecified atom stereocenters. The molecule has 2 heterocycles. The fraction of sp³-hybridized carbons (Fsp3) is 0.154. The smallest absolute Gasteiger partial charge is 0.151 e. The molecule has 0 N–H and O–H groups in total. The van der Waals surface area contributed by atoms with Crippen molar-refractivity contribution in [3.8, 4) is 0 Å². The molecule has 4 heteroatoms. The van der Waals surface area contributed by atoms with Crippen LogP contribution < -0.4 is 0 Å². The quantitative estimate of drug-likeness (QED) is 0.778. The van der Waals surface area contributed by atoms with Gasteiger partial charge in [0.05, 0.1) is 0 Å². The fourth-order valence-electron chi connectivity index (χ4n) is 1.49. The maximum atomic E-state index is 10.5. The molecule has 0 aliphatic carbocycles. The van der Waals surface area contributed by atoms with Crippen LogP contribution in [-0.4, -0.2) is 16.3 Å². The van der Waals surface area contributed by atoms with E-state index in [2.05, 4.69) is 9.97 Å². The summed E-state index contributed by atoms with van der Waals surface area (Å²) in [5, 5.41) is 1.77. The van der Waals surface area contributed by atoms with E-state index in [-0.39, 0.29) is 0 Å². The van der Waals surface area contributed by atoms with Gasteiger partial charge in [0.15, 0.2) is 6.29 Å². The number of hydrogen-bond donors (Lipinski definition) is 0. The first kappa shape index (κ1) is 11.8. The molecule has 0 aromatic carbocycles. The monoisotopic (exact) mass is 244 g/mol. The maximum Gasteiger partial charge on any atom is 0.151 e. The van der Waals surface area contributed by atoms with Gasteiger partial charge in [-0.15, -0.1) is 0 Å². The number of nitrogens with zero attached hydrogens (tertiary/aromatic N) is 2. The molecule has 2 aromatic heterocycles. The van der Waals surface area contributed by atoms with Crippen LogP contribution in [0.4, 0.5) is 0 Å². The zero-order valence-corrected chi connectivity index (χ0v) is 10.5. The summed E-state index contributed by atoms with van der Waals surface area (Å²) in [5.41, 5.74) is 2.77. The Hall–Kier alpha value is -1.68. The van der Waals surface area contributed by atoms with Crippen molar-refractivity contribution in [2.75, 3.05) is 0 Å². The Bertz CT molecular complexity index is 517. The van der Waals surface area contributed by atoms with E-state index in [1.165, 1.54) is 17.3 Å². The van der Waals surface area contributed by atoms with Gasteiger partial charge in [0.25, 0.3) is 0 Å². The standard InChI is InChI=1S/C13H12N2OS/c1-9-5-10(2)15-13(6-9)17-12-4-3-11(8-16)7-14-12/h3-8H,1-2H3. The van der Waals surface area contributed by atoms with Gasteiger partial charge >= 0.3 is 0 Å². The minimum Gasteiger partial charge on any atom is -0.298 e. The van der Waals surface area contributed by atoms with Crippen LogP contribution in [0.1, 0.15) is 21.6 Å². The normalized spacial score (nSPS) is 10.2. The molecular formula is C13H12N2OS. The highest BCUT2D eigenvalue weighted by Gasteiger charge is 2.02. The Kier molecular flexibility index (Phi) is 3.54. The third-order valence-corrected chi connectivity index (χ3v) is 3.05. The van der Waals surface area contributed by atoms with Crippen molar-refractivity contribution in [2.45, 2.75) is 23.9 Å². The number of rotatable bonds is 3. The van der Waals surface area contributed by atoms with E-state index in [0.717, 1.165) is 22.0 Å². The average Bonchev–Trinajstić information content (AvgIpc) is 2.28. The van der Waals surface area contributed by atoms with E-state index in [1.54, 1.807) is 12.3 Å². The Morgan fingerprint density at radius 1 is 1.18 bits per heavy atom. The number of carbonyl (C=O) groups excluding carboxylic acids is 1.